The van der Waals surface area contributed by atoms with Crippen molar-refractivity contribution in [2.24, 2.45) is 5.73 Å². The second-order valence-corrected chi connectivity index (χ2v) is 7.97. The summed E-state index contributed by atoms with van der Waals surface area (Å²) in [6, 6.07) is 18.9. The predicted octanol–water partition coefficient (Wildman–Crippen LogP) is 4.78. The van der Waals surface area contributed by atoms with Gasteiger partial charge < -0.3 is 10.5 Å². The number of hydrogen-bond donors (Lipinski definition) is 1. The summed E-state index contributed by atoms with van der Waals surface area (Å²) in [5.74, 6) is 0.854. The Hall–Kier alpha value is -3.29. The number of rotatable bonds is 3. The van der Waals surface area contributed by atoms with E-state index < -0.39 is 0 Å². The monoisotopic (exact) mass is 397 g/mol. The van der Waals surface area contributed by atoms with Crippen LogP contribution in [0.5, 0.6) is 0 Å². The Labute approximate surface area is 178 Å². The van der Waals surface area contributed by atoms with Crippen LogP contribution in [0.2, 0.25) is 0 Å². The normalized spacial score (nSPS) is 20.7. The third-order valence-electron chi connectivity index (χ3n) is 6.07. The van der Waals surface area contributed by atoms with Gasteiger partial charge in [-0.2, -0.15) is 5.26 Å². The van der Waals surface area contributed by atoms with E-state index >= 15 is 0 Å². The SMILES string of the molecule is CCN1CC2=C(OC(N)=C(C#N)C2c2ccccc2C)/C(=C/c2ccccc2C)C1. The molecule has 2 aromatic carbocycles. The molecule has 0 radical (unpaired) electrons. The van der Waals surface area contributed by atoms with Crippen molar-refractivity contribution in [3.8, 4) is 6.07 Å². The standard InChI is InChI=1S/C26H27N3O/c1-4-29-15-20(13-19-11-7-5-9-17(19)2)25-23(16-29)24(22(14-27)26(28)30-25)21-12-8-6-10-18(21)3/h5-13,24H,4,15-16,28H2,1-3H3/b20-13+. The fraction of sp³-hybridized carbons (Fsp3) is 0.269. The van der Waals surface area contributed by atoms with Gasteiger partial charge in [-0.05, 0) is 54.3 Å². The number of ether oxygens (including phenoxy) is 1. The van der Waals surface area contributed by atoms with Gasteiger partial charge in [-0.25, -0.2) is 0 Å². The van der Waals surface area contributed by atoms with Crippen molar-refractivity contribution in [3.05, 3.63) is 99.1 Å². The van der Waals surface area contributed by atoms with Gasteiger partial charge >= 0.3 is 0 Å². The average Bonchev–Trinajstić information content (AvgIpc) is 2.75. The lowest BCUT2D eigenvalue weighted by Crippen LogP contribution is -2.38. The molecule has 0 spiro atoms. The van der Waals surface area contributed by atoms with Crippen molar-refractivity contribution in [1.29, 1.82) is 5.26 Å². The molecule has 30 heavy (non-hydrogen) atoms. The second kappa shape index (κ2) is 8.22. The van der Waals surface area contributed by atoms with Crippen molar-refractivity contribution in [2.75, 3.05) is 19.6 Å². The Morgan fingerprint density at radius 3 is 2.47 bits per heavy atom. The zero-order valence-electron chi connectivity index (χ0n) is 17.8. The minimum absolute atomic E-state index is 0.186. The number of nitrogens with two attached hydrogens (primary N) is 1. The van der Waals surface area contributed by atoms with Gasteiger partial charge in [-0.15, -0.1) is 0 Å². The van der Waals surface area contributed by atoms with Crippen LogP contribution in [0.3, 0.4) is 0 Å². The number of allylic oxidation sites excluding steroid dienone is 1. The van der Waals surface area contributed by atoms with E-state index in [9.17, 15) is 5.26 Å². The van der Waals surface area contributed by atoms with E-state index in [2.05, 4.69) is 68.1 Å². The van der Waals surface area contributed by atoms with Gasteiger partial charge in [0.1, 0.15) is 17.4 Å². The molecular formula is C26H27N3O. The molecule has 0 bridgehead atoms. The lowest BCUT2D eigenvalue weighted by atomic mass is 9.78. The zero-order chi connectivity index (χ0) is 21.3. The van der Waals surface area contributed by atoms with Crippen molar-refractivity contribution >= 4 is 6.08 Å². The van der Waals surface area contributed by atoms with Crippen LogP contribution in [0.15, 0.2) is 76.9 Å². The molecule has 1 atom stereocenters. The van der Waals surface area contributed by atoms with Crippen LogP contribution < -0.4 is 5.73 Å². The number of hydrogen-bond acceptors (Lipinski definition) is 4. The first-order valence-corrected chi connectivity index (χ1v) is 10.4. The van der Waals surface area contributed by atoms with Crippen LogP contribution in [0.25, 0.3) is 6.08 Å². The van der Waals surface area contributed by atoms with E-state index in [1.165, 1.54) is 11.1 Å². The van der Waals surface area contributed by atoms with E-state index in [-0.39, 0.29) is 11.8 Å². The van der Waals surface area contributed by atoms with E-state index in [4.69, 9.17) is 10.5 Å². The van der Waals surface area contributed by atoms with Crippen LogP contribution >= 0.6 is 0 Å². The smallest absolute Gasteiger partial charge is 0.205 e. The molecule has 2 aliphatic rings. The summed E-state index contributed by atoms with van der Waals surface area (Å²) < 4.78 is 6.12. The van der Waals surface area contributed by atoms with Gasteiger partial charge in [0.05, 0.1) is 5.92 Å². The van der Waals surface area contributed by atoms with Crippen molar-refractivity contribution in [3.63, 3.8) is 0 Å². The molecule has 0 fully saturated rings. The topological polar surface area (TPSA) is 62.3 Å². The minimum atomic E-state index is -0.186. The maximum Gasteiger partial charge on any atom is 0.205 e. The molecule has 2 N–H and O–H groups in total. The first-order valence-electron chi connectivity index (χ1n) is 10.4. The first-order chi connectivity index (χ1) is 14.5. The van der Waals surface area contributed by atoms with E-state index in [1.54, 1.807) is 0 Å². The van der Waals surface area contributed by atoms with Crippen LogP contribution in [-0.4, -0.2) is 24.5 Å². The van der Waals surface area contributed by atoms with E-state index in [0.717, 1.165) is 47.7 Å². The molecule has 0 amide bonds. The summed E-state index contributed by atoms with van der Waals surface area (Å²) in [6.45, 7) is 8.83. The highest BCUT2D eigenvalue weighted by atomic mass is 16.5. The van der Waals surface area contributed by atoms with Crippen LogP contribution in [0.4, 0.5) is 0 Å². The Morgan fingerprint density at radius 1 is 1.10 bits per heavy atom. The summed E-state index contributed by atoms with van der Waals surface area (Å²) >= 11 is 0. The lowest BCUT2D eigenvalue weighted by Gasteiger charge is -2.38. The molecule has 2 aliphatic heterocycles. The van der Waals surface area contributed by atoms with Gasteiger partial charge in [0, 0.05) is 18.7 Å². The summed E-state index contributed by atoms with van der Waals surface area (Å²) in [5, 5.41) is 9.92. The lowest BCUT2D eigenvalue weighted by molar-refractivity contribution is 0.239. The molecule has 2 heterocycles. The highest BCUT2D eigenvalue weighted by Crippen LogP contribution is 2.44. The third kappa shape index (κ3) is 3.53. The van der Waals surface area contributed by atoms with Crippen LogP contribution in [-0.2, 0) is 4.74 Å². The maximum atomic E-state index is 9.92. The molecule has 1 unspecified atom stereocenters. The van der Waals surface area contributed by atoms with Crippen molar-refractivity contribution in [1.82, 2.24) is 4.90 Å². The van der Waals surface area contributed by atoms with Crippen LogP contribution in [0, 0.1) is 25.2 Å². The molecule has 0 saturated heterocycles. The molecule has 4 rings (SSSR count). The molecular weight excluding hydrogens is 370 g/mol. The van der Waals surface area contributed by atoms with E-state index in [0.29, 0.717) is 5.57 Å². The van der Waals surface area contributed by atoms with Crippen molar-refractivity contribution in [2.45, 2.75) is 26.7 Å². The Balaban J connectivity index is 1.92. The third-order valence-corrected chi connectivity index (χ3v) is 6.07. The molecule has 0 aliphatic carbocycles. The fourth-order valence-corrected chi connectivity index (χ4v) is 4.37. The summed E-state index contributed by atoms with van der Waals surface area (Å²) in [5.41, 5.74) is 13.6. The molecule has 152 valence electrons. The van der Waals surface area contributed by atoms with Gasteiger partial charge in [0.2, 0.25) is 5.88 Å². The van der Waals surface area contributed by atoms with Crippen LogP contribution in [0.1, 0.15) is 35.1 Å². The Kier molecular flexibility index (Phi) is 5.48. The number of likely N-dealkylation sites (N-methyl/N-ethyl adjacent to an activating group) is 1. The molecule has 2 aromatic rings. The number of aryl methyl sites for hydroxylation is 2. The fourth-order valence-electron chi connectivity index (χ4n) is 4.37. The molecule has 4 nitrogen and oxygen atoms in total. The number of benzene rings is 2. The molecule has 4 heteroatoms. The van der Waals surface area contributed by atoms with Gasteiger partial charge in [0.25, 0.3) is 0 Å². The average molecular weight is 398 g/mol. The Morgan fingerprint density at radius 2 is 1.80 bits per heavy atom. The number of nitrogens with zero attached hydrogens (tertiary/aromatic N) is 2. The summed E-state index contributed by atoms with van der Waals surface area (Å²) in [7, 11) is 0. The predicted molar refractivity (Wildman–Crippen MR) is 120 cm³/mol. The maximum absolute atomic E-state index is 9.92. The van der Waals surface area contributed by atoms with Gasteiger partial charge in [-0.1, -0.05) is 55.5 Å². The Bertz CT molecular complexity index is 1120. The summed E-state index contributed by atoms with van der Waals surface area (Å²) in [4.78, 5) is 2.38. The quantitative estimate of drug-likeness (QED) is 0.809. The first kappa shape index (κ1) is 20.0. The zero-order valence-corrected chi connectivity index (χ0v) is 17.8. The highest BCUT2D eigenvalue weighted by Gasteiger charge is 2.37. The number of nitriles is 1. The van der Waals surface area contributed by atoms with Gasteiger partial charge in [0.15, 0.2) is 0 Å². The molecule has 0 saturated carbocycles. The van der Waals surface area contributed by atoms with Gasteiger partial charge in [-0.3, -0.25) is 4.90 Å². The van der Waals surface area contributed by atoms with E-state index in [1.807, 2.05) is 18.2 Å². The summed E-state index contributed by atoms with van der Waals surface area (Å²) in [6.07, 6.45) is 2.20. The van der Waals surface area contributed by atoms with Crippen molar-refractivity contribution < 1.29 is 4.74 Å². The highest BCUT2D eigenvalue weighted by molar-refractivity contribution is 5.65. The molecule has 0 aromatic heterocycles. The minimum Gasteiger partial charge on any atom is -0.440 e. The largest absolute Gasteiger partial charge is 0.440 e. The second-order valence-electron chi connectivity index (χ2n) is 7.97.